The Morgan fingerprint density at radius 3 is 2.62 bits per heavy atom. The van der Waals surface area contributed by atoms with Crippen LogP contribution in [0.2, 0.25) is 5.02 Å². The summed E-state index contributed by atoms with van der Waals surface area (Å²) in [6.07, 6.45) is 6.00. The molecular formula is C20H22ClNO4. The zero-order valence-electron chi connectivity index (χ0n) is 14.4. The van der Waals surface area contributed by atoms with Crippen LogP contribution in [0.5, 0.6) is 11.5 Å². The summed E-state index contributed by atoms with van der Waals surface area (Å²) >= 11 is 6.10. The smallest absolute Gasteiger partial charge is 0.343 e. The Morgan fingerprint density at radius 2 is 1.88 bits per heavy atom. The molecule has 1 saturated carbocycles. The molecule has 0 unspecified atom stereocenters. The van der Waals surface area contributed by atoms with Crippen molar-refractivity contribution in [1.29, 1.82) is 0 Å². The molecule has 0 radical (unpaired) electrons. The number of phenolic OH excluding ortho intramolecular Hbond substituents is 1. The van der Waals surface area contributed by atoms with Crippen molar-refractivity contribution in [2.75, 3.05) is 12.0 Å². The zero-order chi connectivity index (χ0) is 18.4. The SMILES string of the molecule is O=C(Oc1cc(Cl)cc(NCOC2CCCCC2)c1O)c1ccccc1. The van der Waals surface area contributed by atoms with Crippen molar-refractivity contribution < 1.29 is 19.4 Å². The van der Waals surface area contributed by atoms with Crippen molar-refractivity contribution in [1.82, 2.24) is 0 Å². The van der Waals surface area contributed by atoms with Crippen LogP contribution in [0.3, 0.4) is 0 Å². The second-order valence-electron chi connectivity index (χ2n) is 6.30. The number of anilines is 1. The fourth-order valence-corrected chi connectivity index (χ4v) is 3.20. The molecule has 1 aliphatic carbocycles. The van der Waals surface area contributed by atoms with Gasteiger partial charge in [0.05, 0.1) is 17.4 Å². The number of halogens is 1. The van der Waals surface area contributed by atoms with Gasteiger partial charge in [-0.25, -0.2) is 4.79 Å². The van der Waals surface area contributed by atoms with Crippen molar-refractivity contribution in [3.63, 3.8) is 0 Å². The molecule has 138 valence electrons. The Labute approximate surface area is 157 Å². The molecule has 6 heteroatoms. The molecule has 0 atom stereocenters. The summed E-state index contributed by atoms with van der Waals surface area (Å²) in [6, 6.07) is 11.5. The van der Waals surface area contributed by atoms with Crippen LogP contribution in [-0.4, -0.2) is 23.9 Å². The Hall–Kier alpha value is -2.24. The molecule has 0 spiro atoms. The maximum atomic E-state index is 12.2. The Kier molecular flexibility index (Phi) is 6.36. The summed E-state index contributed by atoms with van der Waals surface area (Å²) in [5.41, 5.74) is 0.756. The number of benzene rings is 2. The van der Waals surface area contributed by atoms with Gasteiger partial charge in [-0.3, -0.25) is 0 Å². The molecule has 0 saturated heterocycles. The standard InChI is InChI=1S/C20H22ClNO4/c21-15-11-17(22-13-25-16-9-5-2-6-10-16)19(23)18(12-15)26-20(24)14-7-3-1-4-8-14/h1,3-4,7-8,11-12,16,22-23H,2,5-6,9-10,13H2. The molecule has 2 aromatic carbocycles. The number of carbonyl (C=O) groups excluding carboxylic acids is 1. The number of carbonyl (C=O) groups is 1. The number of ether oxygens (including phenoxy) is 2. The summed E-state index contributed by atoms with van der Waals surface area (Å²) in [7, 11) is 0. The zero-order valence-corrected chi connectivity index (χ0v) is 15.2. The molecular weight excluding hydrogens is 354 g/mol. The fraction of sp³-hybridized carbons (Fsp3) is 0.350. The highest BCUT2D eigenvalue weighted by atomic mass is 35.5. The topological polar surface area (TPSA) is 67.8 Å². The lowest BCUT2D eigenvalue weighted by Crippen LogP contribution is -2.20. The molecule has 2 N–H and O–H groups in total. The molecule has 0 bridgehead atoms. The third kappa shape index (κ3) is 4.90. The molecule has 0 aromatic heterocycles. The van der Waals surface area contributed by atoms with E-state index in [0.717, 1.165) is 12.8 Å². The van der Waals surface area contributed by atoms with E-state index in [1.165, 1.54) is 25.3 Å². The maximum absolute atomic E-state index is 12.2. The lowest BCUT2D eigenvalue weighted by atomic mass is 9.98. The molecule has 2 aromatic rings. The van der Waals surface area contributed by atoms with E-state index >= 15 is 0 Å². The van der Waals surface area contributed by atoms with Crippen LogP contribution in [0, 0.1) is 0 Å². The minimum Gasteiger partial charge on any atom is -0.503 e. The van der Waals surface area contributed by atoms with Gasteiger partial charge in [0, 0.05) is 11.1 Å². The highest BCUT2D eigenvalue weighted by molar-refractivity contribution is 6.31. The first-order valence-electron chi connectivity index (χ1n) is 8.78. The molecule has 26 heavy (non-hydrogen) atoms. The lowest BCUT2D eigenvalue weighted by molar-refractivity contribution is 0.0399. The van der Waals surface area contributed by atoms with Gasteiger partial charge in [0.15, 0.2) is 11.5 Å². The number of aromatic hydroxyl groups is 1. The molecule has 1 aliphatic rings. The lowest BCUT2D eigenvalue weighted by Gasteiger charge is -2.22. The van der Waals surface area contributed by atoms with Crippen molar-refractivity contribution in [3.05, 3.63) is 53.1 Å². The van der Waals surface area contributed by atoms with E-state index in [9.17, 15) is 9.90 Å². The fourth-order valence-electron chi connectivity index (χ4n) is 2.99. The van der Waals surface area contributed by atoms with Gasteiger partial charge in [-0.1, -0.05) is 49.1 Å². The molecule has 1 fully saturated rings. The number of hydrogen-bond acceptors (Lipinski definition) is 5. The first kappa shape index (κ1) is 18.5. The van der Waals surface area contributed by atoms with E-state index in [-0.39, 0.29) is 24.3 Å². The monoisotopic (exact) mass is 375 g/mol. The van der Waals surface area contributed by atoms with Gasteiger partial charge in [-0.15, -0.1) is 0 Å². The molecule has 0 aliphatic heterocycles. The van der Waals surface area contributed by atoms with Gasteiger partial charge in [-0.05, 0) is 31.0 Å². The first-order chi connectivity index (χ1) is 12.6. The van der Waals surface area contributed by atoms with Crippen molar-refractivity contribution >= 4 is 23.3 Å². The Bertz CT molecular complexity index is 745. The summed E-state index contributed by atoms with van der Waals surface area (Å²) in [5, 5.41) is 13.7. The minimum absolute atomic E-state index is 0.00604. The molecule has 5 nitrogen and oxygen atoms in total. The highest BCUT2D eigenvalue weighted by Crippen LogP contribution is 2.38. The number of phenols is 1. The van der Waals surface area contributed by atoms with Gasteiger partial charge in [-0.2, -0.15) is 0 Å². The Morgan fingerprint density at radius 1 is 1.15 bits per heavy atom. The number of hydrogen-bond donors (Lipinski definition) is 2. The van der Waals surface area contributed by atoms with Gasteiger partial charge in [0.1, 0.15) is 6.73 Å². The van der Waals surface area contributed by atoms with Crippen molar-refractivity contribution in [3.8, 4) is 11.5 Å². The third-order valence-electron chi connectivity index (χ3n) is 4.39. The van der Waals surface area contributed by atoms with Gasteiger partial charge in [0.25, 0.3) is 0 Å². The highest BCUT2D eigenvalue weighted by Gasteiger charge is 2.17. The van der Waals surface area contributed by atoms with Crippen LogP contribution >= 0.6 is 11.6 Å². The number of esters is 1. The van der Waals surface area contributed by atoms with Gasteiger partial charge >= 0.3 is 5.97 Å². The summed E-state index contributed by atoms with van der Waals surface area (Å²) in [5.74, 6) is -0.731. The van der Waals surface area contributed by atoms with E-state index < -0.39 is 5.97 Å². The largest absolute Gasteiger partial charge is 0.503 e. The summed E-state index contributed by atoms with van der Waals surface area (Å²) in [4.78, 5) is 12.2. The number of rotatable bonds is 6. The summed E-state index contributed by atoms with van der Waals surface area (Å²) in [6.45, 7) is 0.255. The van der Waals surface area contributed by atoms with E-state index in [4.69, 9.17) is 21.1 Å². The average Bonchev–Trinajstić information content (AvgIpc) is 2.67. The Balaban J connectivity index is 1.64. The van der Waals surface area contributed by atoms with Crippen LogP contribution in [0.15, 0.2) is 42.5 Å². The molecule has 0 amide bonds. The quantitative estimate of drug-likeness (QED) is 0.322. The maximum Gasteiger partial charge on any atom is 0.343 e. The first-order valence-corrected chi connectivity index (χ1v) is 9.16. The van der Waals surface area contributed by atoms with E-state index in [1.54, 1.807) is 30.3 Å². The van der Waals surface area contributed by atoms with E-state index in [2.05, 4.69) is 5.32 Å². The predicted octanol–water partition coefficient (Wildman–Crippen LogP) is 4.98. The normalized spacial score (nSPS) is 14.8. The second-order valence-corrected chi connectivity index (χ2v) is 6.74. The van der Waals surface area contributed by atoms with E-state index in [1.807, 2.05) is 6.07 Å². The van der Waals surface area contributed by atoms with Crippen LogP contribution in [-0.2, 0) is 4.74 Å². The molecule has 0 heterocycles. The molecule has 3 rings (SSSR count). The third-order valence-corrected chi connectivity index (χ3v) is 4.60. The second kappa shape index (κ2) is 8.92. The predicted molar refractivity (Wildman–Crippen MR) is 101 cm³/mol. The van der Waals surface area contributed by atoms with Crippen LogP contribution in [0.25, 0.3) is 0 Å². The van der Waals surface area contributed by atoms with Crippen LogP contribution < -0.4 is 10.1 Å². The van der Waals surface area contributed by atoms with Crippen molar-refractivity contribution in [2.45, 2.75) is 38.2 Å². The van der Waals surface area contributed by atoms with Gasteiger partial charge < -0.3 is 19.9 Å². The number of nitrogens with one attached hydrogen (secondary N) is 1. The van der Waals surface area contributed by atoms with Crippen LogP contribution in [0.4, 0.5) is 5.69 Å². The van der Waals surface area contributed by atoms with Crippen molar-refractivity contribution in [2.24, 2.45) is 0 Å². The van der Waals surface area contributed by atoms with Crippen LogP contribution in [0.1, 0.15) is 42.5 Å². The average molecular weight is 376 g/mol. The van der Waals surface area contributed by atoms with E-state index in [0.29, 0.717) is 16.3 Å². The minimum atomic E-state index is -0.562. The summed E-state index contributed by atoms with van der Waals surface area (Å²) < 4.78 is 11.1. The van der Waals surface area contributed by atoms with Gasteiger partial charge in [0.2, 0.25) is 0 Å².